The lowest BCUT2D eigenvalue weighted by Gasteiger charge is -2.28. The Morgan fingerprint density at radius 3 is 2.38 bits per heavy atom. The predicted molar refractivity (Wildman–Crippen MR) is 79.3 cm³/mol. The number of amides is 1. The molecule has 2 rings (SSSR count). The van der Waals surface area contributed by atoms with Crippen molar-refractivity contribution < 1.29 is 18.3 Å². The van der Waals surface area contributed by atoms with Gasteiger partial charge in [0, 0.05) is 18.7 Å². The highest BCUT2D eigenvalue weighted by molar-refractivity contribution is 7.89. The molecule has 21 heavy (non-hydrogen) atoms. The van der Waals surface area contributed by atoms with Crippen LogP contribution in [0.5, 0.6) is 0 Å². The zero-order valence-electron chi connectivity index (χ0n) is 11.9. The van der Waals surface area contributed by atoms with Crippen molar-refractivity contribution in [2.24, 2.45) is 0 Å². The predicted octanol–water partition coefficient (Wildman–Crippen LogP) is 1.23. The molecule has 3 N–H and O–H groups in total. The first-order valence-corrected chi connectivity index (χ1v) is 8.45. The van der Waals surface area contributed by atoms with Gasteiger partial charge >= 0.3 is 0 Å². The van der Waals surface area contributed by atoms with Gasteiger partial charge in [-0.3, -0.25) is 4.79 Å². The number of nitrogens with one attached hydrogen (secondary N) is 2. The van der Waals surface area contributed by atoms with E-state index < -0.39 is 22.2 Å². The van der Waals surface area contributed by atoms with Gasteiger partial charge in [-0.1, -0.05) is 12.8 Å². The molecule has 0 spiro atoms. The number of benzene rings is 1. The van der Waals surface area contributed by atoms with Gasteiger partial charge in [0.1, 0.15) is 0 Å². The van der Waals surface area contributed by atoms with E-state index in [0.717, 1.165) is 12.8 Å². The largest absolute Gasteiger partial charge is 0.391 e. The number of anilines is 1. The fourth-order valence-corrected chi connectivity index (χ4v) is 3.74. The summed E-state index contributed by atoms with van der Waals surface area (Å²) in [4.78, 5) is 11.0. The summed E-state index contributed by atoms with van der Waals surface area (Å²) in [5, 5.41) is 12.4. The summed E-state index contributed by atoms with van der Waals surface area (Å²) in [6.07, 6.45) is 2.46. The number of aliphatic hydroxyl groups is 1. The molecule has 0 unspecified atom stereocenters. The van der Waals surface area contributed by atoms with E-state index in [0.29, 0.717) is 18.5 Å². The number of sulfonamides is 1. The second-order valence-electron chi connectivity index (χ2n) is 5.29. The highest BCUT2D eigenvalue weighted by Gasteiger charge is 2.28. The molecule has 1 aliphatic rings. The molecule has 1 saturated carbocycles. The van der Waals surface area contributed by atoms with E-state index in [-0.39, 0.29) is 10.8 Å². The van der Waals surface area contributed by atoms with Gasteiger partial charge in [-0.25, -0.2) is 13.1 Å². The Hall–Kier alpha value is -1.44. The third kappa shape index (κ3) is 4.26. The second-order valence-corrected chi connectivity index (χ2v) is 7.00. The molecule has 1 aromatic rings. The molecular weight excluding hydrogens is 292 g/mol. The monoisotopic (exact) mass is 312 g/mol. The molecule has 0 bridgehead atoms. The molecule has 0 radical (unpaired) electrons. The summed E-state index contributed by atoms with van der Waals surface area (Å²) in [6.45, 7) is 1.39. The lowest BCUT2D eigenvalue weighted by Crippen LogP contribution is -2.44. The van der Waals surface area contributed by atoms with Gasteiger partial charge in [-0.05, 0) is 37.1 Å². The van der Waals surface area contributed by atoms with E-state index >= 15 is 0 Å². The van der Waals surface area contributed by atoms with Gasteiger partial charge in [0.05, 0.1) is 11.0 Å². The van der Waals surface area contributed by atoms with Crippen LogP contribution >= 0.6 is 0 Å². The molecule has 1 aliphatic carbocycles. The summed E-state index contributed by atoms with van der Waals surface area (Å²) in [5.41, 5.74) is 0.541. The Bertz CT molecular complexity index is 598. The van der Waals surface area contributed by atoms with Crippen molar-refractivity contribution in [3.8, 4) is 0 Å². The van der Waals surface area contributed by atoms with Crippen molar-refractivity contribution in [1.82, 2.24) is 4.72 Å². The van der Waals surface area contributed by atoms with Crippen molar-refractivity contribution >= 4 is 21.6 Å². The minimum Gasteiger partial charge on any atom is -0.391 e. The number of hydrogen-bond acceptors (Lipinski definition) is 4. The normalized spacial score (nSPS) is 22.8. The lowest BCUT2D eigenvalue weighted by atomic mass is 9.93. The summed E-state index contributed by atoms with van der Waals surface area (Å²) < 4.78 is 27.1. The third-order valence-electron chi connectivity index (χ3n) is 3.52. The topological polar surface area (TPSA) is 95.5 Å². The third-order valence-corrected chi connectivity index (χ3v) is 5.03. The van der Waals surface area contributed by atoms with Crippen LogP contribution < -0.4 is 10.0 Å². The van der Waals surface area contributed by atoms with Crippen LogP contribution in [-0.4, -0.2) is 31.6 Å². The van der Waals surface area contributed by atoms with E-state index in [9.17, 15) is 18.3 Å². The van der Waals surface area contributed by atoms with E-state index in [1.807, 2.05) is 0 Å². The van der Waals surface area contributed by atoms with Crippen molar-refractivity contribution in [3.63, 3.8) is 0 Å². The SMILES string of the molecule is CC(=O)Nc1ccc(S(=O)(=O)N[C@H]2CCCC[C@@H]2O)cc1. The Morgan fingerprint density at radius 2 is 1.81 bits per heavy atom. The van der Waals surface area contributed by atoms with Crippen LogP contribution in [0.3, 0.4) is 0 Å². The molecule has 1 amide bonds. The smallest absolute Gasteiger partial charge is 0.240 e. The minimum absolute atomic E-state index is 0.120. The number of aliphatic hydroxyl groups excluding tert-OH is 1. The lowest BCUT2D eigenvalue weighted by molar-refractivity contribution is -0.114. The van der Waals surface area contributed by atoms with Crippen LogP contribution in [0.1, 0.15) is 32.6 Å². The highest BCUT2D eigenvalue weighted by Crippen LogP contribution is 2.21. The van der Waals surface area contributed by atoms with Crippen LogP contribution in [0.15, 0.2) is 29.2 Å². The van der Waals surface area contributed by atoms with Crippen LogP contribution in [0.2, 0.25) is 0 Å². The van der Waals surface area contributed by atoms with Crippen LogP contribution in [-0.2, 0) is 14.8 Å². The van der Waals surface area contributed by atoms with E-state index in [4.69, 9.17) is 0 Å². The maximum absolute atomic E-state index is 12.3. The van der Waals surface area contributed by atoms with Crippen molar-refractivity contribution in [2.75, 3.05) is 5.32 Å². The van der Waals surface area contributed by atoms with Crippen molar-refractivity contribution in [3.05, 3.63) is 24.3 Å². The van der Waals surface area contributed by atoms with E-state index in [1.54, 1.807) is 0 Å². The standard InChI is InChI=1S/C14H20N2O4S/c1-10(17)15-11-6-8-12(9-7-11)21(19,20)16-13-4-2-3-5-14(13)18/h6-9,13-14,16,18H,2-5H2,1H3,(H,15,17)/t13-,14-/m0/s1. The maximum Gasteiger partial charge on any atom is 0.240 e. The Labute approximate surface area is 124 Å². The molecule has 1 aromatic carbocycles. The van der Waals surface area contributed by atoms with Gasteiger partial charge in [0.2, 0.25) is 15.9 Å². The number of carbonyl (C=O) groups is 1. The molecule has 0 aromatic heterocycles. The molecular formula is C14H20N2O4S. The summed E-state index contributed by atoms with van der Waals surface area (Å²) in [6, 6.07) is 5.50. The zero-order valence-corrected chi connectivity index (χ0v) is 12.7. The van der Waals surface area contributed by atoms with Crippen LogP contribution in [0, 0.1) is 0 Å². The molecule has 7 heteroatoms. The van der Waals surface area contributed by atoms with E-state index in [2.05, 4.69) is 10.0 Å². The van der Waals surface area contributed by atoms with Crippen LogP contribution in [0.25, 0.3) is 0 Å². The first-order chi connectivity index (χ1) is 9.88. The highest BCUT2D eigenvalue weighted by atomic mass is 32.2. The molecule has 2 atom stereocenters. The summed E-state index contributed by atoms with van der Waals surface area (Å²) in [5.74, 6) is -0.214. The number of carbonyl (C=O) groups excluding carboxylic acids is 1. The Kier molecular flexibility index (Phi) is 4.97. The number of hydrogen-bond donors (Lipinski definition) is 3. The Balaban J connectivity index is 2.10. The van der Waals surface area contributed by atoms with Gasteiger partial charge in [-0.15, -0.1) is 0 Å². The average molecular weight is 312 g/mol. The second kappa shape index (κ2) is 6.55. The van der Waals surface area contributed by atoms with Crippen molar-refractivity contribution in [1.29, 1.82) is 0 Å². The molecule has 6 nitrogen and oxygen atoms in total. The fourth-order valence-electron chi connectivity index (χ4n) is 2.44. The number of rotatable bonds is 4. The molecule has 0 saturated heterocycles. The quantitative estimate of drug-likeness (QED) is 0.779. The first kappa shape index (κ1) is 15.9. The molecule has 1 fully saturated rings. The molecule has 0 aliphatic heterocycles. The summed E-state index contributed by atoms with van der Waals surface area (Å²) >= 11 is 0. The van der Waals surface area contributed by atoms with Gasteiger partial charge in [0.25, 0.3) is 0 Å². The fraction of sp³-hybridized carbons (Fsp3) is 0.500. The van der Waals surface area contributed by atoms with Gasteiger partial charge in [-0.2, -0.15) is 0 Å². The van der Waals surface area contributed by atoms with Crippen LogP contribution in [0.4, 0.5) is 5.69 Å². The van der Waals surface area contributed by atoms with Gasteiger partial charge in [0.15, 0.2) is 0 Å². The van der Waals surface area contributed by atoms with Crippen molar-refractivity contribution in [2.45, 2.75) is 49.6 Å². The average Bonchev–Trinajstić information content (AvgIpc) is 2.41. The molecule has 0 heterocycles. The Morgan fingerprint density at radius 1 is 1.19 bits per heavy atom. The van der Waals surface area contributed by atoms with Gasteiger partial charge < -0.3 is 10.4 Å². The van der Waals surface area contributed by atoms with E-state index in [1.165, 1.54) is 31.2 Å². The first-order valence-electron chi connectivity index (χ1n) is 6.96. The zero-order chi connectivity index (χ0) is 15.5. The summed E-state index contributed by atoms with van der Waals surface area (Å²) in [7, 11) is -3.66. The minimum atomic E-state index is -3.66. The maximum atomic E-state index is 12.3. The molecule has 116 valence electrons.